The number of aliphatic imine (C=N–C) groups is 1. The Kier molecular flexibility index (Phi) is 9.25. The quantitative estimate of drug-likeness (QED) is 0.397. The van der Waals surface area contributed by atoms with Crippen LogP contribution in [0.1, 0.15) is 31.4 Å². The second kappa shape index (κ2) is 10.4. The van der Waals surface area contributed by atoms with Crippen LogP contribution in [0.4, 0.5) is 5.95 Å². The number of rotatable bonds is 5. The number of imidazole rings is 1. The highest BCUT2D eigenvalue weighted by molar-refractivity contribution is 14.0. The highest BCUT2D eigenvalue weighted by Gasteiger charge is 2.22. The van der Waals surface area contributed by atoms with Crippen molar-refractivity contribution in [3.8, 4) is 0 Å². The molecule has 1 saturated carbocycles. The standard InChI is InChI=1S/C16H30N6S.HI/c1-17-15(20-12-7-6-8-14(9-12)23-5)18-10-13-11-19-16(21(2)3)22(13)4;/h11-12,14H,6-10H2,1-5H3,(H2,17,18,20);1H. The van der Waals surface area contributed by atoms with Gasteiger partial charge in [-0.05, 0) is 25.5 Å². The molecule has 2 unspecified atom stereocenters. The molecule has 1 aromatic heterocycles. The van der Waals surface area contributed by atoms with Crippen LogP contribution >= 0.6 is 35.7 Å². The Morgan fingerprint density at radius 2 is 2.21 bits per heavy atom. The third kappa shape index (κ3) is 5.72. The monoisotopic (exact) mass is 466 g/mol. The third-order valence-electron chi connectivity index (χ3n) is 4.42. The Hall–Kier alpha value is -0.640. The first-order valence-corrected chi connectivity index (χ1v) is 9.51. The second-order valence-corrected chi connectivity index (χ2v) is 7.43. The Morgan fingerprint density at radius 1 is 1.46 bits per heavy atom. The van der Waals surface area contributed by atoms with E-state index in [1.807, 2.05) is 51.0 Å². The summed E-state index contributed by atoms with van der Waals surface area (Å²) in [5.74, 6) is 1.84. The molecule has 1 heterocycles. The minimum absolute atomic E-state index is 0. The minimum atomic E-state index is 0. The van der Waals surface area contributed by atoms with Crippen molar-refractivity contribution in [3.05, 3.63) is 11.9 Å². The molecular formula is C16H31IN6S. The van der Waals surface area contributed by atoms with Gasteiger partial charge in [0.05, 0.1) is 18.4 Å². The number of aromatic nitrogens is 2. The van der Waals surface area contributed by atoms with Crippen LogP contribution in [0.2, 0.25) is 0 Å². The summed E-state index contributed by atoms with van der Waals surface area (Å²) in [6.07, 6.45) is 9.22. The molecule has 0 radical (unpaired) electrons. The van der Waals surface area contributed by atoms with Crippen molar-refractivity contribution in [1.29, 1.82) is 0 Å². The normalized spacial score (nSPS) is 21.1. The van der Waals surface area contributed by atoms with E-state index >= 15 is 0 Å². The summed E-state index contributed by atoms with van der Waals surface area (Å²) in [7, 11) is 7.88. The predicted molar refractivity (Wildman–Crippen MR) is 116 cm³/mol. The number of hydrogen-bond acceptors (Lipinski definition) is 4. The molecule has 2 rings (SSSR count). The molecule has 6 nitrogen and oxygen atoms in total. The largest absolute Gasteiger partial charge is 0.354 e. The van der Waals surface area contributed by atoms with Gasteiger partial charge in [0.25, 0.3) is 0 Å². The van der Waals surface area contributed by atoms with E-state index in [0.29, 0.717) is 6.04 Å². The van der Waals surface area contributed by atoms with E-state index in [0.717, 1.165) is 29.4 Å². The molecule has 0 amide bonds. The summed E-state index contributed by atoms with van der Waals surface area (Å²) in [6.45, 7) is 0.718. The summed E-state index contributed by atoms with van der Waals surface area (Å²) in [6, 6.07) is 0.524. The Balaban J connectivity index is 0.00000288. The zero-order valence-electron chi connectivity index (χ0n) is 15.4. The zero-order chi connectivity index (χ0) is 16.8. The average Bonchev–Trinajstić information content (AvgIpc) is 2.92. The fraction of sp³-hybridized carbons (Fsp3) is 0.750. The molecule has 1 aromatic rings. The highest BCUT2D eigenvalue weighted by atomic mass is 127. The van der Waals surface area contributed by atoms with Gasteiger partial charge in [-0.2, -0.15) is 11.8 Å². The molecule has 0 aliphatic heterocycles. The number of nitrogens with one attached hydrogen (secondary N) is 2. The number of anilines is 1. The predicted octanol–water partition coefficient (Wildman–Crippen LogP) is 2.44. The Morgan fingerprint density at radius 3 is 2.79 bits per heavy atom. The van der Waals surface area contributed by atoms with Gasteiger partial charge in [0.2, 0.25) is 5.95 Å². The maximum Gasteiger partial charge on any atom is 0.204 e. The minimum Gasteiger partial charge on any atom is -0.354 e. The molecule has 2 N–H and O–H groups in total. The first kappa shape index (κ1) is 21.4. The van der Waals surface area contributed by atoms with Gasteiger partial charge < -0.3 is 20.1 Å². The number of nitrogens with zero attached hydrogens (tertiary/aromatic N) is 4. The molecule has 2 atom stereocenters. The van der Waals surface area contributed by atoms with E-state index in [9.17, 15) is 0 Å². The number of guanidine groups is 1. The van der Waals surface area contributed by atoms with Crippen molar-refractivity contribution in [2.75, 3.05) is 32.3 Å². The SMILES string of the molecule is CN=C(NCc1cnc(N(C)C)n1C)NC1CCCC(SC)C1.I. The fourth-order valence-electron chi connectivity index (χ4n) is 3.07. The highest BCUT2D eigenvalue weighted by Crippen LogP contribution is 2.26. The van der Waals surface area contributed by atoms with Crippen LogP contribution in [0.15, 0.2) is 11.2 Å². The van der Waals surface area contributed by atoms with Crippen LogP contribution in [0.3, 0.4) is 0 Å². The van der Waals surface area contributed by atoms with Crippen LogP contribution in [-0.4, -0.2) is 54.2 Å². The van der Waals surface area contributed by atoms with Crippen LogP contribution in [0, 0.1) is 0 Å². The summed E-state index contributed by atoms with van der Waals surface area (Å²) >= 11 is 1.99. The van der Waals surface area contributed by atoms with Crippen LogP contribution < -0.4 is 15.5 Å². The van der Waals surface area contributed by atoms with Gasteiger partial charge in [0, 0.05) is 39.5 Å². The molecule has 138 valence electrons. The molecule has 0 aromatic carbocycles. The average molecular weight is 466 g/mol. The zero-order valence-corrected chi connectivity index (χ0v) is 18.5. The van der Waals surface area contributed by atoms with E-state index in [4.69, 9.17) is 0 Å². The lowest BCUT2D eigenvalue weighted by atomic mass is 9.95. The van der Waals surface area contributed by atoms with Gasteiger partial charge in [0.15, 0.2) is 5.96 Å². The molecule has 24 heavy (non-hydrogen) atoms. The van der Waals surface area contributed by atoms with Crippen molar-refractivity contribution in [2.45, 2.75) is 43.5 Å². The van der Waals surface area contributed by atoms with Gasteiger partial charge in [-0.1, -0.05) is 6.42 Å². The first-order valence-electron chi connectivity index (χ1n) is 8.23. The number of hydrogen-bond donors (Lipinski definition) is 2. The fourth-order valence-corrected chi connectivity index (χ4v) is 3.89. The molecule has 1 aliphatic rings. The molecule has 0 spiro atoms. The summed E-state index contributed by atoms with van der Waals surface area (Å²) in [5.41, 5.74) is 1.14. The molecule has 0 bridgehead atoms. The molecular weight excluding hydrogens is 435 g/mol. The van der Waals surface area contributed by atoms with Gasteiger partial charge in [-0.25, -0.2) is 4.98 Å². The van der Waals surface area contributed by atoms with E-state index in [2.05, 4.69) is 31.4 Å². The third-order valence-corrected chi connectivity index (χ3v) is 5.52. The van der Waals surface area contributed by atoms with Crippen LogP contribution in [0.5, 0.6) is 0 Å². The summed E-state index contributed by atoms with van der Waals surface area (Å²) < 4.78 is 2.10. The molecule has 1 aliphatic carbocycles. The Bertz CT molecular complexity index is 531. The lowest BCUT2D eigenvalue weighted by molar-refractivity contribution is 0.419. The van der Waals surface area contributed by atoms with E-state index in [1.54, 1.807) is 0 Å². The maximum absolute atomic E-state index is 4.44. The summed E-state index contributed by atoms with van der Waals surface area (Å²) in [4.78, 5) is 10.8. The van der Waals surface area contributed by atoms with Gasteiger partial charge in [-0.3, -0.25) is 4.99 Å². The van der Waals surface area contributed by atoms with Crippen LogP contribution in [-0.2, 0) is 13.6 Å². The molecule has 0 saturated heterocycles. The second-order valence-electron chi connectivity index (χ2n) is 6.29. The first-order chi connectivity index (χ1) is 11.0. The molecule has 1 fully saturated rings. The topological polar surface area (TPSA) is 57.5 Å². The lowest BCUT2D eigenvalue weighted by Crippen LogP contribution is -2.45. The van der Waals surface area contributed by atoms with Crippen LogP contribution in [0.25, 0.3) is 0 Å². The molecule has 8 heteroatoms. The van der Waals surface area contributed by atoms with Gasteiger partial charge in [0.1, 0.15) is 0 Å². The Labute approximate surface area is 167 Å². The van der Waals surface area contributed by atoms with Crippen molar-refractivity contribution >= 4 is 47.6 Å². The van der Waals surface area contributed by atoms with E-state index in [1.165, 1.54) is 25.7 Å². The van der Waals surface area contributed by atoms with Crippen molar-refractivity contribution in [3.63, 3.8) is 0 Å². The van der Waals surface area contributed by atoms with E-state index in [-0.39, 0.29) is 24.0 Å². The number of halogens is 1. The number of thioether (sulfide) groups is 1. The van der Waals surface area contributed by atoms with E-state index < -0.39 is 0 Å². The van der Waals surface area contributed by atoms with Crippen molar-refractivity contribution < 1.29 is 0 Å². The smallest absolute Gasteiger partial charge is 0.204 e. The van der Waals surface area contributed by atoms with Crippen molar-refractivity contribution in [2.24, 2.45) is 12.0 Å². The lowest BCUT2D eigenvalue weighted by Gasteiger charge is -2.29. The maximum atomic E-state index is 4.44. The van der Waals surface area contributed by atoms with Gasteiger partial charge in [-0.15, -0.1) is 24.0 Å². The van der Waals surface area contributed by atoms with Gasteiger partial charge >= 0.3 is 0 Å². The summed E-state index contributed by atoms with van der Waals surface area (Å²) in [5, 5.41) is 7.76. The van der Waals surface area contributed by atoms with Crippen molar-refractivity contribution in [1.82, 2.24) is 20.2 Å².